The molecule has 0 aromatic carbocycles. The zero-order chi connectivity index (χ0) is 19.6. The Labute approximate surface area is 167 Å². The first kappa shape index (κ1) is 20.0. The summed E-state index contributed by atoms with van der Waals surface area (Å²) in [5.41, 5.74) is 1.20. The average Bonchev–Trinajstić information content (AvgIpc) is 2.74. The summed E-state index contributed by atoms with van der Waals surface area (Å²) in [7, 11) is 0. The summed E-state index contributed by atoms with van der Waals surface area (Å²) >= 11 is 0. The van der Waals surface area contributed by atoms with Crippen molar-refractivity contribution in [1.82, 2.24) is 20.3 Å². The fraction of sp³-hybridized carbons (Fsp3) is 0.524. The molecule has 0 bridgehead atoms. The van der Waals surface area contributed by atoms with Crippen molar-refractivity contribution in [2.75, 3.05) is 36.4 Å². The van der Waals surface area contributed by atoms with Gasteiger partial charge in [-0.2, -0.15) is 0 Å². The summed E-state index contributed by atoms with van der Waals surface area (Å²) in [6.45, 7) is 5.56. The van der Waals surface area contributed by atoms with Crippen LogP contribution in [0.15, 0.2) is 36.9 Å². The van der Waals surface area contributed by atoms with Gasteiger partial charge in [-0.1, -0.05) is 0 Å². The number of hydrogen-bond acceptors (Lipinski definition) is 6. The van der Waals surface area contributed by atoms with Crippen molar-refractivity contribution in [2.24, 2.45) is 5.92 Å². The van der Waals surface area contributed by atoms with Crippen LogP contribution in [0.5, 0.6) is 0 Å². The third kappa shape index (κ3) is 6.18. The number of pyridine rings is 1. The predicted molar refractivity (Wildman–Crippen MR) is 111 cm³/mol. The molecule has 0 unspecified atom stereocenters. The molecule has 0 radical (unpaired) electrons. The molecule has 1 saturated heterocycles. The Morgan fingerprint density at radius 2 is 2.00 bits per heavy atom. The lowest BCUT2D eigenvalue weighted by Crippen LogP contribution is -2.35. The number of amides is 1. The molecule has 3 heterocycles. The minimum atomic E-state index is 0.155. The first-order chi connectivity index (χ1) is 13.7. The molecule has 0 aliphatic carbocycles. The molecule has 3 rings (SSSR count). The summed E-state index contributed by atoms with van der Waals surface area (Å²) in [5.74, 6) is 2.62. The third-order valence-corrected chi connectivity index (χ3v) is 5.21. The Balaban J connectivity index is 1.34. The molecule has 1 amide bonds. The Morgan fingerprint density at radius 1 is 1.21 bits per heavy atom. The molecule has 2 aromatic rings. The summed E-state index contributed by atoms with van der Waals surface area (Å²) in [6, 6.07) is 5.98. The van der Waals surface area contributed by atoms with Crippen LogP contribution in [0.3, 0.4) is 0 Å². The number of nitrogens with one attached hydrogen (secondary N) is 2. The summed E-state index contributed by atoms with van der Waals surface area (Å²) < 4.78 is 0. The lowest BCUT2D eigenvalue weighted by atomic mass is 9.92. The topological polar surface area (TPSA) is 83.0 Å². The quantitative estimate of drug-likeness (QED) is 0.694. The molecule has 1 aliphatic heterocycles. The summed E-state index contributed by atoms with van der Waals surface area (Å²) in [5, 5.41) is 6.26. The first-order valence-electron chi connectivity index (χ1n) is 10.2. The van der Waals surface area contributed by atoms with Gasteiger partial charge in [0.05, 0.1) is 0 Å². The standard InChI is InChI=1S/C21H30N6O/c1-2-23-19-15-20(26-16-25-19)27-13-8-17(9-14-27)3-4-21(28)24-12-7-18-5-10-22-11-6-18/h5-6,10-11,15-17H,2-4,7-9,12-14H2,1H3,(H,24,28)(H,23,25,26). The monoisotopic (exact) mass is 382 g/mol. The van der Waals surface area contributed by atoms with E-state index >= 15 is 0 Å². The van der Waals surface area contributed by atoms with Crippen LogP contribution in [-0.2, 0) is 11.2 Å². The molecule has 150 valence electrons. The maximum absolute atomic E-state index is 12.1. The second-order valence-electron chi connectivity index (χ2n) is 7.22. The van der Waals surface area contributed by atoms with E-state index < -0.39 is 0 Å². The number of aromatic nitrogens is 3. The molecular formula is C21H30N6O. The highest BCUT2D eigenvalue weighted by atomic mass is 16.1. The van der Waals surface area contributed by atoms with Crippen LogP contribution in [0.25, 0.3) is 0 Å². The van der Waals surface area contributed by atoms with E-state index in [0.29, 0.717) is 18.9 Å². The average molecular weight is 383 g/mol. The van der Waals surface area contributed by atoms with Crippen molar-refractivity contribution < 1.29 is 4.79 Å². The highest BCUT2D eigenvalue weighted by molar-refractivity contribution is 5.75. The molecule has 0 atom stereocenters. The Kier molecular flexibility index (Phi) is 7.58. The molecule has 28 heavy (non-hydrogen) atoms. The number of carbonyl (C=O) groups is 1. The molecule has 7 nitrogen and oxygen atoms in total. The van der Waals surface area contributed by atoms with Crippen LogP contribution in [0, 0.1) is 5.92 Å². The number of carbonyl (C=O) groups excluding carboxylic acids is 1. The van der Waals surface area contributed by atoms with Gasteiger partial charge in [-0.15, -0.1) is 0 Å². The van der Waals surface area contributed by atoms with Gasteiger partial charge < -0.3 is 15.5 Å². The Morgan fingerprint density at radius 3 is 2.75 bits per heavy atom. The number of nitrogens with zero attached hydrogens (tertiary/aromatic N) is 4. The van der Waals surface area contributed by atoms with Crippen molar-refractivity contribution in [3.63, 3.8) is 0 Å². The fourth-order valence-corrected chi connectivity index (χ4v) is 3.57. The molecular weight excluding hydrogens is 352 g/mol. The van der Waals surface area contributed by atoms with E-state index in [-0.39, 0.29) is 5.91 Å². The smallest absolute Gasteiger partial charge is 0.220 e. The predicted octanol–water partition coefficient (Wildman–Crippen LogP) is 2.66. The number of piperidine rings is 1. The van der Waals surface area contributed by atoms with Crippen LogP contribution in [0.2, 0.25) is 0 Å². The van der Waals surface area contributed by atoms with Crippen molar-refractivity contribution in [1.29, 1.82) is 0 Å². The van der Waals surface area contributed by atoms with E-state index in [9.17, 15) is 4.79 Å². The minimum absolute atomic E-state index is 0.155. The lowest BCUT2D eigenvalue weighted by Gasteiger charge is -2.32. The van der Waals surface area contributed by atoms with Gasteiger partial charge in [0.25, 0.3) is 0 Å². The van der Waals surface area contributed by atoms with Gasteiger partial charge in [0.2, 0.25) is 5.91 Å². The molecule has 1 aliphatic rings. The van der Waals surface area contributed by atoms with Crippen molar-refractivity contribution in [3.05, 3.63) is 42.5 Å². The van der Waals surface area contributed by atoms with E-state index in [2.05, 4.69) is 37.4 Å². The van der Waals surface area contributed by atoms with Crippen LogP contribution in [-0.4, -0.2) is 47.0 Å². The van der Waals surface area contributed by atoms with E-state index in [1.54, 1.807) is 18.7 Å². The third-order valence-electron chi connectivity index (χ3n) is 5.21. The Hall–Kier alpha value is -2.70. The van der Waals surface area contributed by atoms with E-state index in [0.717, 1.165) is 57.0 Å². The highest BCUT2D eigenvalue weighted by Gasteiger charge is 2.21. The molecule has 0 saturated carbocycles. The SMILES string of the molecule is CCNc1cc(N2CCC(CCC(=O)NCCc3ccncc3)CC2)ncn1. The van der Waals surface area contributed by atoms with Crippen molar-refractivity contribution in [2.45, 2.75) is 39.0 Å². The van der Waals surface area contributed by atoms with E-state index in [1.165, 1.54) is 5.56 Å². The molecule has 2 N–H and O–H groups in total. The minimum Gasteiger partial charge on any atom is -0.370 e. The normalized spacial score (nSPS) is 14.7. The fourth-order valence-electron chi connectivity index (χ4n) is 3.57. The molecule has 7 heteroatoms. The van der Waals surface area contributed by atoms with Crippen LogP contribution in [0.4, 0.5) is 11.6 Å². The number of hydrogen-bond donors (Lipinski definition) is 2. The summed E-state index contributed by atoms with van der Waals surface area (Å²) in [6.07, 6.45) is 9.81. The van der Waals surface area contributed by atoms with Gasteiger partial charge in [-0.3, -0.25) is 9.78 Å². The highest BCUT2D eigenvalue weighted by Crippen LogP contribution is 2.25. The number of anilines is 2. The molecule has 0 spiro atoms. The lowest BCUT2D eigenvalue weighted by molar-refractivity contribution is -0.121. The first-order valence-corrected chi connectivity index (χ1v) is 10.2. The maximum Gasteiger partial charge on any atom is 0.220 e. The van der Waals surface area contributed by atoms with Crippen LogP contribution in [0.1, 0.15) is 38.2 Å². The largest absolute Gasteiger partial charge is 0.370 e. The second-order valence-corrected chi connectivity index (χ2v) is 7.22. The van der Waals surface area contributed by atoms with Crippen LogP contribution >= 0.6 is 0 Å². The van der Waals surface area contributed by atoms with Crippen molar-refractivity contribution >= 4 is 17.5 Å². The zero-order valence-corrected chi connectivity index (χ0v) is 16.6. The van der Waals surface area contributed by atoms with Crippen molar-refractivity contribution in [3.8, 4) is 0 Å². The van der Waals surface area contributed by atoms with Gasteiger partial charge in [-0.25, -0.2) is 9.97 Å². The van der Waals surface area contributed by atoms with E-state index in [4.69, 9.17) is 0 Å². The van der Waals surface area contributed by atoms with Gasteiger partial charge in [-0.05, 0) is 56.2 Å². The number of rotatable bonds is 9. The zero-order valence-electron chi connectivity index (χ0n) is 16.6. The maximum atomic E-state index is 12.1. The van der Waals surface area contributed by atoms with Gasteiger partial charge in [0.15, 0.2) is 0 Å². The molecule has 2 aromatic heterocycles. The van der Waals surface area contributed by atoms with Gasteiger partial charge in [0, 0.05) is 51.1 Å². The van der Waals surface area contributed by atoms with Crippen LogP contribution < -0.4 is 15.5 Å². The van der Waals surface area contributed by atoms with E-state index in [1.807, 2.05) is 18.2 Å². The molecule has 1 fully saturated rings. The second kappa shape index (κ2) is 10.6. The Bertz CT molecular complexity index is 731. The van der Waals surface area contributed by atoms with Gasteiger partial charge in [0.1, 0.15) is 18.0 Å². The summed E-state index contributed by atoms with van der Waals surface area (Å²) in [4.78, 5) is 27.1. The van der Waals surface area contributed by atoms with Gasteiger partial charge >= 0.3 is 0 Å².